The highest BCUT2D eigenvalue weighted by molar-refractivity contribution is 5.76. The highest BCUT2D eigenvalue weighted by Crippen LogP contribution is 2.19. The zero-order chi connectivity index (χ0) is 12.1. The second-order valence-electron chi connectivity index (χ2n) is 4.05. The van der Waals surface area contributed by atoms with Gasteiger partial charge in [0.15, 0.2) is 6.10 Å². The third-order valence-electron chi connectivity index (χ3n) is 2.72. The fourth-order valence-corrected chi connectivity index (χ4v) is 1.77. The molecule has 0 spiro atoms. The molecule has 0 saturated carbocycles. The molecular weight excluding hydrogens is 220 g/mol. The summed E-state index contributed by atoms with van der Waals surface area (Å²) in [6.07, 6.45) is 0.943. The lowest BCUT2D eigenvalue weighted by molar-refractivity contribution is -0.195. The summed E-state index contributed by atoms with van der Waals surface area (Å²) in [5.41, 5.74) is 0.535. The summed E-state index contributed by atoms with van der Waals surface area (Å²) in [5, 5.41) is 9.79. The van der Waals surface area contributed by atoms with E-state index >= 15 is 0 Å². The van der Waals surface area contributed by atoms with Gasteiger partial charge in [-0.25, -0.2) is 4.79 Å². The van der Waals surface area contributed by atoms with Crippen LogP contribution < -0.4 is 0 Å². The number of aliphatic hydroxyl groups is 1. The van der Waals surface area contributed by atoms with Crippen LogP contribution in [0.3, 0.4) is 0 Å². The summed E-state index contributed by atoms with van der Waals surface area (Å²) < 4.78 is 10.4. The summed E-state index contributed by atoms with van der Waals surface area (Å²) in [6.45, 7) is 0.610. The topological polar surface area (TPSA) is 55.8 Å². The van der Waals surface area contributed by atoms with Crippen molar-refractivity contribution in [2.24, 2.45) is 0 Å². The first-order chi connectivity index (χ1) is 8.27. The molecule has 2 atom stereocenters. The van der Waals surface area contributed by atoms with Gasteiger partial charge in [0.2, 0.25) is 6.29 Å². The molecule has 1 unspecified atom stereocenters. The Morgan fingerprint density at radius 3 is 2.76 bits per heavy atom. The van der Waals surface area contributed by atoms with Crippen LogP contribution >= 0.6 is 0 Å². The molecule has 1 aliphatic heterocycles. The van der Waals surface area contributed by atoms with E-state index in [0.29, 0.717) is 18.6 Å². The first kappa shape index (κ1) is 12.1. The predicted molar refractivity (Wildman–Crippen MR) is 61.1 cm³/mol. The van der Waals surface area contributed by atoms with E-state index in [0.717, 1.165) is 12.8 Å². The van der Waals surface area contributed by atoms with Gasteiger partial charge in [-0.1, -0.05) is 30.3 Å². The number of esters is 1. The monoisotopic (exact) mass is 236 g/mol. The molecule has 1 heterocycles. The molecule has 0 bridgehead atoms. The molecule has 1 fully saturated rings. The van der Waals surface area contributed by atoms with E-state index in [4.69, 9.17) is 9.47 Å². The van der Waals surface area contributed by atoms with Gasteiger partial charge in [-0.05, 0) is 18.4 Å². The van der Waals surface area contributed by atoms with Gasteiger partial charge < -0.3 is 14.6 Å². The van der Waals surface area contributed by atoms with Gasteiger partial charge in [-0.2, -0.15) is 0 Å². The molecule has 17 heavy (non-hydrogen) atoms. The van der Waals surface area contributed by atoms with Crippen LogP contribution in [0.1, 0.15) is 30.9 Å². The fraction of sp³-hybridized carbons (Fsp3) is 0.462. The van der Waals surface area contributed by atoms with Gasteiger partial charge in [0, 0.05) is 6.42 Å². The van der Waals surface area contributed by atoms with Gasteiger partial charge in [-0.3, -0.25) is 0 Å². The van der Waals surface area contributed by atoms with E-state index in [-0.39, 0.29) is 0 Å². The number of ether oxygens (including phenoxy) is 2. The maximum Gasteiger partial charge on any atom is 0.341 e. The lowest BCUT2D eigenvalue weighted by atomic mass is 10.1. The van der Waals surface area contributed by atoms with E-state index in [9.17, 15) is 9.90 Å². The smallest absolute Gasteiger partial charge is 0.341 e. The first-order valence-electron chi connectivity index (χ1n) is 5.82. The molecule has 2 rings (SSSR count). The van der Waals surface area contributed by atoms with Crippen LogP contribution in [0.4, 0.5) is 0 Å². The van der Waals surface area contributed by atoms with Crippen molar-refractivity contribution in [1.29, 1.82) is 0 Å². The van der Waals surface area contributed by atoms with Crippen LogP contribution in [-0.4, -0.2) is 24.0 Å². The minimum absolute atomic E-state index is 0.505. The number of hydrogen-bond donors (Lipinski definition) is 1. The Kier molecular flexibility index (Phi) is 4.12. The number of carbonyl (C=O) groups is 1. The molecule has 92 valence electrons. The number of benzene rings is 1. The molecule has 4 nitrogen and oxygen atoms in total. The lowest BCUT2D eigenvalue weighted by Gasteiger charge is -2.23. The summed E-state index contributed by atoms with van der Waals surface area (Å²) in [7, 11) is 0. The zero-order valence-corrected chi connectivity index (χ0v) is 9.54. The largest absolute Gasteiger partial charge is 0.434 e. The minimum Gasteiger partial charge on any atom is -0.434 e. The molecule has 1 saturated heterocycles. The predicted octanol–water partition coefficient (Wildman–Crippen LogP) is 1.79. The van der Waals surface area contributed by atoms with Crippen molar-refractivity contribution in [3.8, 4) is 0 Å². The normalized spacial score (nSPS) is 21.8. The van der Waals surface area contributed by atoms with E-state index in [2.05, 4.69) is 0 Å². The molecule has 1 aliphatic rings. The van der Waals surface area contributed by atoms with E-state index in [1.165, 1.54) is 0 Å². The van der Waals surface area contributed by atoms with Gasteiger partial charge in [0.25, 0.3) is 0 Å². The quantitative estimate of drug-likeness (QED) is 0.813. The van der Waals surface area contributed by atoms with Crippen LogP contribution in [0.5, 0.6) is 0 Å². The van der Waals surface area contributed by atoms with Crippen molar-refractivity contribution in [2.75, 3.05) is 6.61 Å². The van der Waals surface area contributed by atoms with Gasteiger partial charge in [0.05, 0.1) is 6.61 Å². The summed E-state index contributed by atoms with van der Waals surface area (Å²) in [4.78, 5) is 11.7. The van der Waals surface area contributed by atoms with Crippen LogP contribution in [-0.2, 0) is 14.3 Å². The molecular formula is C13H16O4. The van der Waals surface area contributed by atoms with Gasteiger partial charge in [-0.15, -0.1) is 0 Å². The number of rotatable bonds is 3. The second kappa shape index (κ2) is 5.80. The Hall–Kier alpha value is -1.39. The number of aliphatic hydroxyl groups excluding tert-OH is 1. The Morgan fingerprint density at radius 1 is 1.35 bits per heavy atom. The molecule has 0 amide bonds. The number of hydrogen-bond acceptors (Lipinski definition) is 4. The van der Waals surface area contributed by atoms with Gasteiger partial charge >= 0.3 is 5.97 Å². The molecule has 0 aromatic heterocycles. The lowest BCUT2D eigenvalue weighted by Crippen LogP contribution is -2.28. The Labute approximate surface area is 100 Å². The van der Waals surface area contributed by atoms with Gasteiger partial charge in [0.1, 0.15) is 0 Å². The van der Waals surface area contributed by atoms with E-state index in [1.807, 2.05) is 6.07 Å². The van der Waals surface area contributed by atoms with E-state index < -0.39 is 18.4 Å². The fourth-order valence-electron chi connectivity index (χ4n) is 1.77. The standard InChI is InChI=1S/C13H16O4/c14-12(10-6-2-1-3-7-10)13(15)17-11-8-4-5-9-16-11/h1-3,6-7,11-12,14H,4-5,8-9H2/t11?,12-/m1/s1. The highest BCUT2D eigenvalue weighted by atomic mass is 16.7. The summed E-state index contributed by atoms with van der Waals surface area (Å²) in [5.74, 6) is -0.650. The minimum atomic E-state index is -1.23. The summed E-state index contributed by atoms with van der Waals surface area (Å²) in [6, 6.07) is 8.74. The Bertz CT molecular complexity index is 357. The second-order valence-corrected chi connectivity index (χ2v) is 4.05. The van der Waals surface area contributed by atoms with E-state index in [1.54, 1.807) is 24.3 Å². The SMILES string of the molecule is O=C(OC1CCCCO1)[C@H](O)c1ccccc1. The highest BCUT2D eigenvalue weighted by Gasteiger charge is 2.24. The van der Waals surface area contributed by atoms with Crippen molar-refractivity contribution in [3.05, 3.63) is 35.9 Å². The van der Waals surface area contributed by atoms with Crippen molar-refractivity contribution < 1.29 is 19.4 Å². The van der Waals surface area contributed by atoms with Crippen molar-refractivity contribution in [3.63, 3.8) is 0 Å². The molecule has 0 aliphatic carbocycles. The average Bonchev–Trinajstić information content (AvgIpc) is 2.40. The first-order valence-corrected chi connectivity index (χ1v) is 5.82. The van der Waals surface area contributed by atoms with Crippen molar-refractivity contribution in [1.82, 2.24) is 0 Å². The Morgan fingerprint density at radius 2 is 2.12 bits per heavy atom. The zero-order valence-electron chi connectivity index (χ0n) is 9.54. The molecule has 1 N–H and O–H groups in total. The Balaban J connectivity index is 1.91. The van der Waals surface area contributed by atoms with Crippen LogP contribution in [0.25, 0.3) is 0 Å². The van der Waals surface area contributed by atoms with Crippen LogP contribution in [0.2, 0.25) is 0 Å². The molecule has 4 heteroatoms. The third-order valence-corrected chi connectivity index (χ3v) is 2.72. The third kappa shape index (κ3) is 3.28. The van der Waals surface area contributed by atoms with Crippen molar-refractivity contribution >= 4 is 5.97 Å². The average molecular weight is 236 g/mol. The molecule has 0 radical (unpaired) electrons. The maximum atomic E-state index is 11.7. The van der Waals surface area contributed by atoms with Crippen molar-refractivity contribution in [2.45, 2.75) is 31.7 Å². The van der Waals surface area contributed by atoms with Crippen LogP contribution in [0, 0.1) is 0 Å². The maximum absolute atomic E-state index is 11.7. The molecule has 1 aromatic rings. The summed E-state index contributed by atoms with van der Waals surface area (Å²) >= 11 is 0. The van der Waals surface area contributed by atoms with Crippen LogP contribution in [0.15, 0.2) is 30.3 Å². The number of carbonyl (C=O) groups excluding carboxylic acids is 1. The molecule has 1 aromatic carbocycles.